The van der Waals surface area contributed by atoms with Gasteiger partial charge in [-0.1, -0.05) is 0 Å². The maximum absolute atomic E-state index is 3.12. The highest BCUT2D eigenvalue weighted by molar-refractivity contribution is 9.93. The lowest BCUT2D eigenvalue weighted by Crippen LogP contribution is -1.75. The molecule has 0 aliphatic carbocycles. The summed E-state index contributed by atoms with van der Waals surface area (Å²) in [5, 5.41) is 0. The monoisotopic (exact) mass is 486 g/mol. The van der Waals surface area contributed by atoms with E-state index in [1.54, 1.807) is 0 Å². The average molecular weight is 491 g/mol. The van der Waals surface area contributed by atoms with Gasteiger partial charge in [0, 0.05) is 28.3 Å². The van der Waals surface area contributed by atoms with Gasteiger partial charge in [-0.2, -0.15) is 0 Å². The van der Waals surface area contributed by atoms with Crippen LogP contribution in [0.3, 0.4) is 0 Å². The van der Waals surface area contributed by atoms with Crippen molar-refractivity contribution in [2.75, 3.05) is 0 Å². The molecule has 0 saturated heterocycles. The minimum absolute atomic E-state index is 0.250. The van der Waals surface area contributed by atoms with Crippen LogP contribution in [0.2, 0.25) is 0 Å². The fourth-order valence-electron chi connectivity index (χ4n) is 0. The quantitative estimate of drug-likeness (QED) is 0.425. The SMILES string of the molecule is BrBr.BrC(Br)(Br)Br. The molecular weight excluding hydrogens is 491 g/mol. The Hall–Kier alpha value is 2.88. The highest BCUT2D eigenvalue weighted by Gasteiger charge is 2.08. The Labute approximate surface area is 91.5 Å². The summed E-state index contributed by atoms with van der Waals surface area (Å²) in [6.45, 7) is 0. The minimum atomic E-state index is -0.250. The average Bonchev–Trinajstić information content (AvgIpc) is 1.36. The van der Waals surface area contributed by atoms with Gasteiger partial charge in [0.1, 0.15) is 0 Å². The lowest BCUT2D eigenvalue weighted by atomic mass is 12.0. The van der Waals surface area contributed by atoms with Gasteiger partial charge in [0.25, 0.3) is 0 Å². The third kappa shape index (κ3) is 50.7. The van der Waals surface area contributed by atoms with Gasteiger partial charge in [0.15, 0.2) is 1.05 Å². The van der Waals surface area contributed by atoms with Gasteiger partial charge in [0.2, 0.25) is 0 Å². The first kappa shape index (κ1) is 12.5. The Bertz CT molecular complexity index is 19.7. The van der Waals surface area contributed by atoms with E-state index in [-0.39, 0.29) is 1.05 Å². The molecule has 0 heterocycles. The van der Waals surface area contributed by atoms with E-state index in [9.17, 15) is 0 Å². The third-order valence-corrected chi connectivity index (χ3v) is 0. The van der Waals surface area contributed by atoms with Crippen molar-refractivity contribution in [3.63, 3.8) is 0 Å². The zero-order valence-corrected chi connectivity index (χ0v) is 12.3. The van der Waals surface area contributed by atoms with Gasteiger partial charge in [-0.15, -0.1) is 0 Å². The molecule has 46 valence electrons. The molecule has 6 heteroatoms. The van der Waals surface area contributed by atoms with E-state index in [0.29, 0.717) is 0 Å². The molecule has 0 atom stereocenters. The van der Waals surface area contributed by atoms with Crippen molar-refractivity contribution in [2.24, 2.45) is 0 Å². The Morgan fingerprint density at radius 2 is 0.714 bits per heavy atom. The van der Waals surface area contributed by atoms with Crippen molar-refractivity contribution in [3.05, 3.63) is 0 Å². The van der Waals surface area contributed by atoms with Crippen LogP contribution < -0.4 is 0 Å². The second kappa shape index (κ2) is 6.99. The molecule has 0 spiro atoms. The van der Waals surface area contributed by atoms with Crippen molar-refractivity contribution in [1.29, 1.82) is 0 Å². The van der Waals surface area contributed by atoms with Gasteiger partial charge in [-0.3, -0.25) is 0 Å². The van der Waals surface area contributed by atoms with Gasteiger partial charge >= 0.3 is 0 Å². The van der Waals surface area contributed by atoms with Gasteiger partial charge in [0.05, 0.1) is 0 Å². The van der Waals surface area contributed by atoms with Crippen molar-refractivity contribution in [1.82, 2.24) is 0 Å². The Morgan fingerprint density at radius 3 is 0.714 bits per heavy atom. The molecule has 0 rings (SSSR count). The molecule has 0 radical (unpaired) electrons. The van der Waals surface area contributed by atoms with Crippen molar-refractivity contribution in [2.45, 2.75) is 1.05 Å². The minimum Gasteiger partial charge on any atom is -0.0471 e. The Morgan fingerprint density at radius 1 is 0.714 bits per heavy atom. The molecule has 7 heavy (non-hydrogen) atoms. The first-order valence-electron chi connectivity index (χ1n) is 0.899. The molecular formula is CBr6. The van der Waals surface area contributed by atoms with E-state index in [4.69, 9.17) is 0 Å². The summed E-state index contributed by atoms with van der Waals surface area (Å²) in [5.74, 6) is 0. The van der Waals surface area contributed by atoms with E-state index in [1.165, 1.54) is 0 Å². The van der Waals surface area contributed by atoms with E-state index in [2.05, 4.69) is 92.0 Å². The Kier molecular flexibility index (Phi) is 12.5. The number of halogens is 6. The summed E-state index contributed by atoms with van der Waals surface area (Å²) >= 11 is 18.0. The largest absolute Gasteiger partial charge is 0.189 e. The van der Waals surface area contributed by atoms with Crippen LogP contribution in [0.15, 0.2) is 0 Å². The van der Waals surface area contributed by atoms with Crippen molar-refractivity contribution >= 4 is 92.0 Å². The molecule has 0 bridgehead atoms. The highest BCUT2D eigenvalue weighted by Crippen LogP contribution is 2.39. The number of rotatable bonds is 0. The summed E-state index contributed by atoms with van der Waals surface area (Å²) in [4.78, 5) is 0. The summed E-state index contributed by atoms with van der Waals surface area (Å²) in [6.07, 6.45) is 0. The highest BCUT2D eigenvalue weighted by atomic mass is 80.9. The van der Waals surface area contributed by atoms with Crippen LogP contribution in [-0.4, -0.2) is 1.05 Å². The van der Waals surface area contributed by atoms with Gasteiger partial charge in [-0.25, -0.2) is 0 Å². The van der Waals surface area contributed by atoms with E-state index in [1.807, 2.05) is 0 Å². The molecule has 0 nitrogen and oxygen atoms in total. The molecule has 0 unspecified atom stereocenters. The lowest BCUT2D eigenvalue weighted by molar-refractivity contribution is 2.14. The second-order valence-electron chi connectivity index (χ2n) is 0.429. The van der Waals surface area contributed by atoms with Crippen LogP contribution in [0.5, 0.6) is 0 Å². The maximum atomic E-state index is 3.12. The van der Waals surface area contributed by atoms with Gasteiger partial charge < -0.3 is 0 Å². The second-order valence-corrected chi connectivity index (χ2v) is 11.6. The fraction of sp³-hybridized carbons (Fsp3) is 1.00. The lowest BCUT2D eigenvalue weighted by Gasteiger charge is -1.93. The van der Waals surface area contributed by atoms with Crippen LogP contribution in [-0.2, 0) is 0 Å². The topological polar surface area (TPSA) is 0 Å². The van der Waals surface area contributed by atoms with Crippen LogP contribution in [0.25, 0.3) is 0 Å². The normalized spacial score (nSPS) is 9.43. The number of alkyl halides is 4. The summed E-state index contributed by atoms with van der Waals surface area (Å²) in [5.41, 5.74) is 0. The third-order valence-electron chi connectivity index (χ3n) is 0. The van der Waals surface area contributed by atoms with Crippen molar-refractivity contribution < 1.29 is 0 Å². The van der Waals surface area contributed by atoms with Crippen molar-refractivity contribution in [3.8, 4) is 0 Å². The zero-order chi connectivity index (χ0) is 6.50. The summed E-state index contributed by atoms with van der Waals surface area (Å²) in [7, 11) is 0. The smallest absolute Gasteiger partial charge is 0.0471 e. The van der Waals surface area contributed by atoms with E-state index in [0.717, 1.165) is 0 Å². The molecule has 0 fully saturated rings. The van der Waals surface area contributed by atoms with Crippen LogP contribution in [0.4, 0.5) is 0 Å². The standard InChI is InChI=1S/CBr4.Br2/c2-1(3,4)5;1-2. The molecule has 0 saturated carbocycles. The molecule has 0 aliphatic heterocycles. The number of hydrogen-bond acceptors (Lipinski definition) is 0. The first-order chi connectivity index (χ1) is 3.00. The molecule has 0 N–H and O–H groups in total. The molecule has 0 aromatic rings. The molecule has 0 aromatic heterocycles. The summed E-state index contributed by atoms with van der Waals surface area (Å²) in [6, 6.07) is 0. The number of hydrogen-bond donors (Lipinski definition) is 0. The molecule has 0 aromatic carbocycles. The summed E-state index contributed by atoms with van der Waals surface area (Å²) < 4.78 is -0.250. The Balaban J connectivity index is 0. The van der Waals surface area contributed by atoms with Crippen LogP contribution in [0, 0.1) is 0 Å². The fourth-order valence-corrected chi connectivity index (χ4v) is 0. The van der Waals surface area contributed by atoms with E-state index >= 15 is 0 Å². The predicted molar refractivity (Wildman–Crippen MR) is 56.3 cm³/mol. The van der Waals surface area contributed by atoms with E-state index < -0.39 is 0 Å². The van der Waals surface area contributed by atoms with Gasteiger partial charge in [-0.05, 0) is 63.7 Å². The predicted octanol–water partition coefficient (Wildman–Crippen LogP) is 4.87. The molecule has 0 aliphatic rings. The zero-order valence-electron chi connectivity index (χ0n) is 2.77. The van der Waals surface area contributed by atoms with Crippen LogP contribution >= 0.6 is 92.0 Å². The maximum Gasteiger partial charge on any atom is 0.189 e. The molecule has 0 amide bonds. The first-order valence-corrected chi connectivity index (χ1v) is 7.79. The van der Waals surface area contributed by atoms with Crippen LogP contribution in [0.1, 0.15) is 0 Å².